The van der Waals surface area contributed by atoms with Gasteiger partial charge in [0.25, 0.3) is 0 Å². The van der Waals surface area contributed by atoms with Crippen molar-refractivity contribution < 1.29 is 15.0 Å². The van der Waals surface area contributed by atoms with E-state index in [1.165, 1.54) is 76.0 Å². The third-order valence-electron chi connectivity index (χ3n) is 4.26. The molecule has 1 rings (SSSR count). The Bertz CT molecular complexity index is 474. The van der Waals surface area contributed by atoms with E-state index in [2.05, 4.69) is 12.2 Å². The van der Waals surface area contributed by atoms with Crippen LogP contribution in [0.1, 0.15) is 84.0 Å². The van der Waals surface area contributed by atoms with E-state index >= 15 is 0 Å². The minimum Gasteiger partial charge on any atom is -0.508 e. The van der Waals surface area contributed by atoms with Crippen LogP contribution in [-0.4, -0.2) is 16.1 Å². The highest BCUT2D eigenvalue weighted by Crippen LogP contribution is 2.27. The van der Waals surface area contributed by atoms with Crippen molar-refractivity contribution in [1.82, 2.24) is 0 Å². The zero-order valence-electron chi connectivity index (χ0n) is 15.0. The molecule has 0 aliphatic rings. The van der Waals surface area contributed by atoms with Gasteiger partial charge >= 0.3 is 0 Å². The van der Waals surface area contributed by atoms with Gasteiger partial charge in [0, 0.05) is 12.5 Å². The molecule has 0 aliphatic heterocycles. The normalized spacial score (nSPS) is 10.7. The van der Waals surface area contributed by atoms with E-state index in [4.69, 9.17) is 0 Å². The van der Waals surface area contributed by atoms with Crippen molar-refractivity contribution in [2.45, 2.75) is 84.0 Å². The van der Waals surface area contributed by atoms with E-state index in [1.807, 2.05) is 0 Å². The molecule has 4 nitrogen and oxygen atoms in total. The van der Waals surface area contributed by atoms with Gasteiger partial charge in [0.15, 0.2) is 0 Å². The number of benzene rings is 1. The summed E-state index contributed by atoms with van der Waals surface area (Å²) in [5.74, 6) is -0.218. The van der Waals surface area contributed by atoms with Gasteiger partial charge in [0.1, 0.15) is 11.5 Å². The highest BCUT2D eigenvalue weighted by atomic mass is 16.3. The van der Waals surface area contributed by atoms with Gasteiger partial charge in [-0.1, -0.05) is 71.1 Å². The molecule has 0 aromatic heterocycles. The number of carbonyl (C=O) groups excluding carboxylic acids is 1. The van der Waals surface area contributed by atoms with E-state index < -0.39 is 0 Å². The summed E-state index contributed by atoms with van der Waals surface area (Å²) in [6.45, 7) is 2.24. The zero-order chi connectivity index (χ0) is 17.6. The number of phenols is 2. The van der Waals surface area contributed by atoms with Gasteiger partial charge in [0.2, 0.25) is 5.91 Å². The number of unbranched alkanes of at least 4 members (excludes halogenated alkanes) is 10. The summed E-state index contributed by atoms with van der Waals surface area (Å²) in [5, 5.41) is 21.5. The lowest BCUT2D eigenvalue weighted by Crippen LogP contribution is -2.11. The maximum absolute atomic E-state index is 11.8. The summed E-state index contributed by atoms with van der Waals surface area (Å²) in [4.78, 5) is 11.8. The Hall–Kier alpha value is -1.71. The fourth-order valence-corrected chi connectivity index (χ4v) is 2.79. The van der Waals surface area contributed by atoms with Crippen LogP contribution in [0.3, 0.4) is 0 Å². The lowest BCUT2D eigenvalue weighted by Gasteiger charge is -2.07. The van der Waals surface area contributed by atoms with Gasteiger partial charge in [-0.25, -0.2) is 0 Å². The molecule has 0 unspecified atom stereocenters. The van der Waals surface area contributed by atoms with Crippen molar-refractivity contribution in [3.05, 3.63) is 18.2 Å². The van der Waals surface area contributed by atoms with Crippen LogP contribution in [0.5, 0.6) is 11.5 Å². The first-order chi connectivity index (χ1) is 11.6. The summed E-state index contributed by atoms with van der Waals surface area (Å²) >= 11 is 0. The molecule has 1 amide bonds. The Balaban J connectivity index is 1.98. The lowest BCUT2D eigenvalue weighted by molar-refractivity contribution is -0.116. The summed E-state index contributed by atoms with van der Waals surface area (Å²) < 4.78 is 0. The quantitative estimate of drug-likeness (QED) is 0.245. The van der Waals surface area contributed by atoms with Crippen molar-refractivity contribution in [3.8, 4) is 11.5 Å². The molecule has 0 aliphatic carbocycles. The molecule has 3 N–H and O–H groups in total. The molecule has 0 atom stereocenters. The molecular formula is C20H33NO3. The highest BCUT2D eigenvalue weighted by Gasteiger charge is 2.06. The average Bonchev–Trinajstić information content (AvgIpc) is 2.55. The number of amides is 1. The molecule has 24 heavy (non-hydrogen) atoms. The molecule has 0 radical (unpaired) electrons. The summed E-state index contributed by atoms with van der Waals surface area (Å²) in [5.41, 5.74) is 0.348. The van der Waals surface area contributed by atoms with Crippen LogP contribution in [0.2, 0.25) is 0 Å². The number of aromatic hydroxyl groups is 2. The maximum Gasteiger partial charge on any atom is 0.224 e. The summed E-state index contributed by atoms with van der Waals surface area (Å²) in [7, 11) is 0. The standard InChI is InChI=1S/C20H33NO3/c1-2-3-4-5-6-7-8-9-10-11-12-13-20(24)21-18-15-14-17(22)16-19(18)23/h14-16,22-23H,2-13H2,1H3,(H,21,24). The number of nitrogens with one attached hydrogen (secondary N) is 1. The van der Waals surface area contributed by atoms with Gasteiger partial charge in [-0.3, -0.25) is 4.79 Å². The summed E-state index contributed by atoms with van der Waals surface area (Å²) in [6, 6.07) is 4.17. The second kappa shape index (κ2) is 12.7. The molecule has 0 saturated carbocycles. The molecule has 4 heteroatoms. The molecule has 0 bridgehead atoms. The van der Waals surface area contributed by atoms with Gasteiger partial charge in [-0.05, 0) is 18.6 Å². The van der Waals surface area contributed by atoms with Gasteiger partial charge in [-0.2, -0.15) is 0 Å². The van der Waals surface area contributed by atoms with Crippen molar-refractivity contribution in [2.24, 2.45) is 0 Å². The predicted molar refractivity (Wildman–Crippen MR) is 99.5 cm³/mol. The van der Waals surface area contributed by atoms with E-state index in [0.717, 1.165) is 12.8 Å². The maximum atomic E-state index is 11.8. The van der Waals surface area contributed by atoms with Crippen LogP contribution in [0.15, 0.2) is 18.2 Å². The molecule has 0 spiro atoms. The monoisotopic (exact) mass is 335 g/mol. The van der Waals surface area contributed by atoms with Crippen LogP contribution < -0.4 is 5.32 Å². The first-order valence-corrected chi connectivity index (χ1v) is 9.45. The Kier molecular flexibility index (Phi) is 10.7. The van der Waals surface area contributed by atoms with E-state index in [-0.39, 0.29) is 17.4 Å². The second-order valence-corrected chi connectivity index (χ2v) is 6.54. The van der Waals surface area contributed by atoms with Crippen LogP contribution in [-0.2, 0) is 4.79 Å². The minimum absolute atomic E-state index is 0.0177. The van der Waals surface area contributed by atoms with Gasteiger partial charge in [-0.15, -0.1) is 0 Å². The topological polar surface area (TPSA) is 69.6 Å². The molecule has 1 aromatic rings. The largest absolute Gasteiger partial charge is 0.508 e. The van der Waals surface area contributed by atoms with Crippen LogP contribution in [0.25, 0.3) is 0 Å². The smallest absolute Gasteiger partial charge is 0.224 e. The number of hydrogen-bond donors (Lipinski definition) is 3. The summed E-state index contributed by atoms with van der Waals surface area (Å²) in [6.07, 6.45) is 14.3. The van der Waals surface area contributed by atoms with Gasteiger partial charge < -0.3 is 15.5 Å². The number of hydrogen-bond acceptors (Lipinski definition) is 3. The minimum atomic E-state index is -0.109. The van der Waals surface area contributed by atoms with Gasteiger partial charge in [0.05, 0.1) is 5.69 Å². The SMILES string of the molecule is CCCCCCCCCCCCCC(=O)Nc1ccc(O)cc1O. The van der Waals surface area contributed by atoms with E-state index in [9.17, 15) is 15.0 Å². The molecule has 0 heterocycles. The van der Waals surface area contributed by atoms with Crippen molar-refractivity contribution in [3.63, 3.8) is 0 Å². The fraction of sp³-hybridized carbons (Fsp3) is 0.650. The molecule has 0 saturated heterocycles. The van der Waals surface area contributed by atoms with Crippen molar-refractivity contribution in [2.75, 3.05) is 5.32 Å². The van der Waals surface area contributed by atoms with Crippen LogP contribution in [0, 0.1) is 0 Å². The molecule has 1 aromatic carbocycles. The zero-order valence-corrected chi connectivity index (χ0v) is 15.0. The number of phenolic OH excluding ortho intramolecular Hbond substituents is 2. The third kappa shape index (κ3) is 9.43. The van der Waals surface area contributed by atoms with Crippen LogP contribution in [0.4, 0.5) is 5.69 Å². The van der Waals surface area contributed by atoms with E-state index in [0.29, 0.717) is 12.1 Å². The lowest BCUT2D eigenvalue weighted by atomic mass is 10.1. The van der Waals surface area contributed by atoms with E-state index in [1.54, 1.807) is 0 Å². The predicted octanol–water partition coefficient (Wildman–Crippen LogP) is 5.74. The van der Waals surface area contributed by atoms with Crippen molar-refractivity contribution in [1.29, 1.82) is 0 Å². The molecule has 136 valence electrons. The highest BCUT2D eigenvalue weighted by molar-refractivity contribution is 5.92. The Morgan fingerprint density at radius 3 is 1.96 bits per heavy atom. The molecular weight excluding hydrogens is 302 g/mol. The van der Waals surface area contributed by atoms with Crippen molar-refractivity contribution >= 4 is 11.6 Å². The molecule has 0 fully saturated rings. The second-order valence-electron chi connectivity index (χ2n) is 6.54. The Morgan fingerprint density at radius 2 is 1.42 bits per heavy atom. The Labute approximate surface area is 146 Å². The third-order valence-corrected chi connectivity index (χ3v) is 4.26. The Morgan fingerprint density at radius 1 is 0.875 bits per heavy atom. The first-order valence-electron chi connectivity index (χ1n) is 9.45. The first kappa shape index (κ1) is 20.3. The average molecular weight is 335 g/mol. The fourth-order valence-electron chi connectivity index (χ4n) is 2.79. The number of rotatable bonds is 13. The van der Waals surface area contributed by atoms with Crippen LogP contribution >= 0.6 is 0 Å². The number of carbonyl (C=O) groups is 1. The number of anilines is 1.